The lowest BCUT2D eigenvalue weighted by Gasteiger charge is -2.31. The first-order valence-electron chi connectivity index (χ1n) is 14.1. The van der Waals surface area contributed by atoms with E-state index in [4.69, 9.17) is 9.47 Å². The quantitative estimate of drug-likeness (QED) is 0.201. The molecule has 6 rings (SSSR count). The molecule has 47 heavy (non-hydrogen) atoms. The summed E-state index contributed by atoms with van der Waals surface area (Å²) in [5.74, 6) is -2.09. The third-order valence-electron chi connectivity index (χ3n) is 7.58. The molecule has 1 amide bonds. The summed E-state index contributed by atoms with van der Waals surface area (Å²) in [4.78, 5) is 17.1. The summed E-state index contributed by atoms with van der Waals surface area (Å²) in [7, 11) is 1.35. The number of aliphatic hydroxyl groups is 1. The number of halogens is 7. The van der Waals surface area contributed by atoms with Crippen molar-refractivity contribution in [1.29, 1.82) is 0 Å². The number of fused-ring (bicyclic) bond motifs is 2. The molecule has 1 saturated carbocycles. The van der Waals surface area contributed by atoms with Crippen molar-refractivity contribution in [2.45, 2.75) is 50.3 Å². The Hall–Kier alpha value is -4.80. The summed E-state index contributed by atoms with van der Waals surface area (Å²) in [6.45, 7) is -1.38. The van der Waals surface area contributed by atoms with Gasteiger partial charge in [0.25, 0.3) is 12.3 Å². The number of nitrogens with one attached hydrogen (secondary N) is 1. The second kappa shape index (κ2) is 11.5. The minimum absolute atomic E-state index is 0.0769. The number of carbonyl (C=O) groups is 1. The van der Waals surface area contributed by atoms with E-state index in [0.717, 1.165) is 37.1 Å². The Morgan fingerprint density at radius 1 is 1.15 bits per heavy atom. The molecule has 17 heteroatoms. The first-order valence-corrected chi connectivity index (χ1v) is 14.1. The van der Waals surface area contributed by atoms with Crippen LogP contribution in [0.25, 0.3) is 22.2 Å². The fourth-order valence-electron chi connectivity index (χ4n) is 5.07. The predicted molar refractivity (Wildman–Crippen MR) is 149 cm³/mol. The summed E-state index contributed by atoms with van der Waals surface area (Å²) >= 11 is 0. The number of rotatable bonds is 10. The molecule has 0 spiro atoms. The van der Waals surface area contributed by atoms with Gasteiger partial charge in [-0.25, -0.2) is 13.8 Å². The van der Waals surface area contributed by atoms with Crippen molar-refractivity contribution < 1.29 is 59.6 Å². The highest BCUT2D eigenvalue weighted by atomic mass is 19.4. The number of aromatic nitrogens is 3. The maximum atomic E-state index is 14.6. The second-order valence-corrected chi connectivity index (χ2v) is 11.0. The number of aryl methyl sites for hydroxylation is 1. The van der Waals surface area contributed by atoms with Gasteiger partial charge in [0, 0.05) is 22.7 Å². The van der Waals surface area contributed by atoms with Gasteiger partial charge in [-0.3, -0.25) is 9.48 Å². The number of benzene rings is 2. The van der Waals surface area contributed by atoms with Gasteiger partial charge in [0.2, 0.25) is 5.60 Å². The summed E-state index contributed by atoms with van der Waals surface area (Å²) in [6, 6.07) is 6.78. The molecule has 0 radical (unpaired) electrons. The minimum atomic E-state index is -5.44. The number of nitrogens with zero attached hydrogens (tertiary/aromatic N) is 3. The van der Waals surface area contributed by atoms with Gasteiger partial charge in [-0.2, -0.15) is 18.3 Å². The molecule has 0 bridgehead atoms. The summed E-state index contributed by atoms with van der Waals surface area (Å²) in [5, 5.41) is 18.2. The van der Waals surface area contributed by atoms with E-state index in [1.165, 1.54) is 26.2 Å². The van der Waals surface area contributed by atoms with Gasteiger partial charge in [-0.1, -0.05) is 0 Å². The molecule has 3 heterocycles. The van der Waals surface area contributed by atoms with Crippen LogP contribution in [0.2, 0.25) is 0 Å². The van der Waals surface area contributed by atoms with Gasteiger partial charge in [0.1, 0.15) is 29.3 Å². The molecule has 2 aromatic heterocycles. The molecule has 1 fully saturated rings. The number of methoxy groups -OCH3 is 1. The number of alkyl halides is 7. The lowest BCUT2D eigenvalue weighted by Crippen LogP contribution is -2.51. The van der Waals surface area contributed by atoms with Crippen molar-refractivity contribution in [2.24, 2.45) is 0 Å². The SMILES string of the molecule is COc1cc(C(=O)NC[C@](O)(c2cc(C)c(OCC(F)F)c(-c3ccc4c(c3)OC(F)(F)O4)n2)C(F)(F)F)cc2cn(C3CC3)nc12. The Balaban J connectivity index is 1.36. The van der Waals surface area contributed by atoms with Gasteiger partial charge in [0.05, 0.1) is 25.4 Å². The molecule has 250 valence electrons. The van der Waals surface area contributed by atoms with Gasteiger partial charge in [0.15, 0.2) is 11.5 Å². The minimum Gasteiger partial charge on any atom is -0.494 e. The third-order valence-corrected chi connectivity index (χ3v) is 7.58. The Morgan fingerprint density at radius 3 is 2.53 bits per heavy atom. The fourth-order valence-corrected chi connectivity index (χ4v) is 5.07. The second-order valence-electron chi connectivity index (χ2n) is 11.0. The Morgan fingerprint density at radius 2 is 1.87 bits per heavy atom. The molecule has 1 atom stereocenters. The molecule has 2 aromatic carbocycles. The maximum absolute atomic E-state index is 14.6. The van der Waals surface area contributed by atoms with Gasteiger partial charge >= 0.3 is 12.5 Å². The van der Waals surface area contributed by atoms with Crippen molar-refractivity contribution in [1.82, 2.24) is 20.1 Å². The van der Waals surface area contributed by atoms with E-state index in [1.807, 2.05) is 0 Å². The van der Waals surface area contributed by atoms with E-state index in [9.17, 15) is 40.6 Å². The molecule has 4 aromatic rings. The number of hydrogen-bond acceptors (Lipinski definition) is 8. The molecule has 10 nitrogen and oxygen atoms in total. The van der Waals surface area contributed by atoms with Gasteiger partial charge < -0.3 is 29.4 Å². The van der Waals surface area contributed by atoms with Crippen molar-refractivity contribution in [3.8, 4) is 34.3 Å². The van der Waals surface area contributed by atoms with Crippen LogP contribution in [-0.2, 0) is 5.60 Å². The molecule has 1 aliphatic heterocycles. The highest BCUT2D eigenvalue weighted by Crippen LogP contribution is 2.46. The molecule has 0 saturated heterocycles. The van der Waals surface area contributed by atoms with E-state index in [2.05, 4.69) is 24.9 Å². The van der Waals surface area contributed by atoms with Crippen LogP contribution >= 0.6 is 0 Å². The van der Waals surface area contributed by atoms with Crippen LogP contribution in [0.5, 0.6) is 23.0 Å². The molecular weight excluding hydrogens is 645 g/mol. The third kappa shape index (κ3) is 6.18. The van der Waals surface area contributed by atoms with Crippen molar-refractivity contribution in [3.63, 3.8) is 0 Å². The lowest BCUT2D eigenvalue weighted by molar-refractivity contribution is -0.286. The monoisotopic (exact) mass is 670 g/mol. The predicted octanol–water partition coefficient (Wildman–Crippen LogP) is 5.90. The number of ether oxygens (including phenoxy) is 4. The van der Waals surface area contributed by atoms with E-state index >= 15 is 0 Å². The normalized spacial score (nSPS) is 16.7. The van der Waals surface area contributed by atoms with Crippen LogP contribution in [0.3, 0.4) is 0 Å². The molecule has 1 aliphatic carbocycles. The molecule has 0 unspecified atom stereocenters. The van der Waals surface area contributed by atoms with Crippen LogP contribution in [0, 0.1) is 6.92 Å². The van der Waals surface area contributed by atoms with E-state index in [1.54, 1.807) is 10.9 Å². The topological polar surface area (TPSA) is 117 Å². The highest BCUT2D eigenvalue weighted by molar-refractivity contribution is 6.00. The highest BCUT2D eigenvalue weighted by Gasteiger charge is 2.57. The largest absolute Gasteiger partial charge is 0.586 e. The zero-order valence-corrected chi connectivity index (χ0v) is 24.5. The zero-order valence-electron chi connectivity index (χ0n) is 24.5. The molecule has 2 aliphatic rings. The molecule has 2 N–H and O–H groups in total. The number of hydrogen-bond donors (Lipinski definition) is 2. The van der Waals surface area contributed by atoms with E-state index < -0.39 is 72.2 Å². The Bertz CT molecular complexity index is 1860. The maximum Gasteiger partial charge on any atom is 0.586 e. The smallest absolute Gasteiger partial charge is 0.494 e. The first kappa shape index (κ1) is 32.2. The van der Waals surface area contributed by atoms with Crippen LogP contribution < -0.4 is 24.3 Å². The standard InChI is InChI=1S/C30H25F7N4O6/c1-14-7-22(39-25(26(14)45-12-23(31)32)15-3-6-19-20(9-15)47-30(36,37)46-19)28(43,29(33,34)35)13-38-27(42)16-8-17-11-41(18-4-5-18)40-24(17)21(10-16)44-2/h3,6-11,18,23,43H,4-5,12-13H2,1-2H3,(H,38,42)/t28-/m0/s1. The first-order chi connectivity index (χ1) is 22.1. The average Bonchev–Trinajstić information content (AvgIpc) is 3.68. The number of amides is 1. The van der Waals surface area contributed by atoms with Crippen LogP contribution in [-0.4, -0.2) is 64.9 Å². The van der Waals surface area contributed by atoms with Gasteiger partial charge in [-0.05, 0) is 61.7 Å². The summed E-state index contributed by atoms with van der Waals surface area (Å²) < 4.78 is 118. The lowest BCUT2D eigenvalue weighted by atomic mass is 9.94. The Labute approximate surface area is 261 Å². The van der Waals surface area contributed by atoms with Crippen molar-refractivity contribution in [3.05, 3.63) is 59.4 Å². The van der Waals surface area contributed by atoms with E-state index in [-0.39, 0.29) is 28.5 Å². The fraction of sp³-hybridized carbons (Fsp3) is 0.367. The van der Waals surface area contributed by atoms with Gasteiger partial charge in [-0.15, -0.1) is 8.78 Å². The summed E-state index contributed by atoms with van der Waals surface area (Å²) in [6.07, 6.45) is -8.89. The number of pyridine rings is 1. The van der Waals surface area contributed by atoms with Crippen LogP contribution in [0.15, 0.2) is 42.6 Å². The van der Waals surface area contributed by atoms with Crippen molar-refractivity contribution in [2.75, 3.05) is 20.3 Å². The van der Waals surface area contributed by atoms with Crippen LogP contribution in [0.1, 0.15) is 40.5 Å². The van der Waals surface area contributed by atoms with Crippen molar-refractivity contribution >= 4 is 16.8 Å². The van der Waals surface area contributed by atoms with E-state index in [0.29, 0.717) is 10.9 Å². The number of carbonyl (C=O) groups excluding carboxylic acids is 1. The Kier molecular flexibility index (Phi) is 7.84. The zero-order chi connectivity index (χ0) is 33.9. The summed E-state index contributed by atoms with van der Waals surface area (Å²) in [5.41, 5.74) is -5.32. The molecular formula is C30H25F7N4O6. The van der Waals surface area contributed by atoms with Crippen LogP contribution in [0.4, 0.5) is 30.7 Å². The average molecular weight is 671 g/mol.